The fraction of sp³-hybridized carbons (Fsp3) is 0.588. The minimum atomic E-state index is -3.34. The monoisotopic (exact) mass is 574 g/mol. The predicted octanol–water partition coefficient (Wildman–Crippen LogP) is 9.52. The van der Waals surface area contributed by atoms with Gasteiger partial charge in [0, 0.05) is 17.5 Å². The molecule has 3 aliphatic rings. The summed E-state index contributed by atoms with van der Waals surface area (Å²) in [4.78, 5) is 0. The lowest BCUT2D eigenvalue weighted by atomic mass is 9.68. The number of hydrogen-bond acceptors (Lipinski definition) is 3. The quantitative estimate of drug-likeness (QED) is 0.221. The average molecular weight is 575 g/mol. The average Bonchev–Trinajstić information content (AvgIpc) is 2.97. The summed E-state index contributed by atoms with van der Waals surface area (Å²) in [5.41, 5.74) is 1.94. The maximum absolute atomic E-state index is 15.1. The molecule has 0 unspecified atom stereocenters. The minimum Gasteiger partial charge on any atom is -0.432 e. The molecule has 0 N–H and O–H groups in total. The first kappa shape index (κ1) is 30.1. The van der Waals surface area contributed by atoms with Gasteiger partial charge in [-0.2, -0.15) is 8.78 Å². The molecule has 0 radical (unpaired) electrons. The van der Waals surface area contributed by atoms with Crippen molar-refractivity contribution in [2.75, 3.05) is 13.2 Å². The Hall–Kier alpha value is -2.38. The number of aryl methyl sites for hydroxylation is 1. The first-order valence-electron chi connectivity index (χ1n) is 15.2. The number of rotatable bonds is 9. The second-order valence-electron chi connectivity index (χ2n) is 12.4. The largest absolute Gasteiger partial charge is 0.432 e. The number of benzene rings is 2. The van der Waals surface area contributed by atoms with E-state index in [9.17, 15) is 4.39 Å². The van der Waals surface area contributed by atoms with E-state index in [0.29, 0.717) is 62.2 Å². The number of halogens is 4. The molecule has 2 aliphatic carbocycles. The van der Waals surface area contributed by atoms with Crippen LogP contribution in [0.5, 0.6) is 5.75 Å². The van der Waals surface area contributed by atoms with Crippen LogP contribution in [0.25, 0.3) is 0 Å². The molecule has 0 amide bonds. The van der Waals surface area contributed by atoms with Crippen LogP contribution in [0.4, 0.5) is 17.6 Å². The smallest absolute Gasteiger partial charge is 0.400 e. The molecule has 2 aromatic rings. The van der Waals surface area contributed by atoms with Crippen LogP contribution in [0.15, 0.2) is 49.1 Å². The second-order valence-corrected chi connectivity index (χ2v) is 12.4. The van der Waals surface area contributed by atoms with Gasteiger partial charge in [-0.05, 0) is 105 Å². The van der Waals surface area contributed by atoms with Crippen molar-refractivity contribution in [1.29, 1.82) is 0 Å². The van der Waals surface area contributed by atoms with Crippen molar-refractivity contribution >= 4 is 0 Å². The van der Waals surface area contributed by atoms with Gasteiger partial charge in [0.15, 0.2) is 6.29 Å². The summed E-state index contributed by atoms with van der Waals surface area (Å²) in [6, 6.07) is 9.35. The highest BCUT2D eigenvalue weighted by atomic mass is 19.3. The normalized spacial score (nSPS) is 29.2. The minimum absolute atomic E-state index is 0.135. The first-order valence-corrected chi connectivity index (χ1v) is 15.2. The SMILES string of the molecule is C=CCCc1ccc(OC(F)(F)C2CCC(C3CCC(c4ccc(C5OCC(C)CO5)cc4F)CC3)CC2)cc1F. The van der Waals surface area contributed by atoms with Gasteiger partial charge >= 0.3 is 6.11 Å². The highest BCUT2D eigenvalue weighted by molar-refractivity contribution is 5.30. The lowest BCUT2D eigenvalue weighted by molar-refractivity contribution is -0.224. The second kappa shape index (κ2) is 13.3. The first-order chi connectivity index (χ1) is 19.7. The molecule has 0 spiro atoms. The summed E-state index contributed by atoms with van der Waals surface area (Å²) in [5.74, 6) is -0.358. The molecular formula is C34H42F4O3. The molecule has 7 heteroatoms. The molecule has 0 atom stereocenters. The van der Waals surface area contributed by atoms with E-state index in [1.165, 1.54) is 12.1 Å². The fourth-order valence-electron chi connectivity index (χ4n) is 6.93. The van der Waals surface area contributed by atoms with E-state index < -0.39 is 24.1 Å². The molecule has 1 heterocycles. The molecular weight excluding hydrogens is 532 g/mol. The van der Waals surface area contributed by atoms with Crippen molar-refractivity contribution in [3.63, 3.8) is 0 Å². The Labute approximate surface area is 241 Å². The highest BCUT2D eigenvalue weighted by Crippen LogP contribution is 2.47. The Morgan fingerprint density at radius 3 is 2.15 bits per heavy atom. The van der Waals surface area contributed by atoms with E-state index in [4.69, 9.17) is 14.2 Å². The molecule has 3 fully saturated rings. The number of hydrogen-bond donors (Lipinski definition) is 0. The van der Waals surface area contributed by atoms with E-state index in [1.807, 2.05) is 12.1 Å². The van der Waals surface area contributed by atoms with Crippen molar-refractivity contribution in [2.45, 2.75) is 89.4 Å². The Bertz CT molecular complexity index is 1160. The summed E-state index contributed by atoms with van der Waals surface area (Å²) >= 11 is 0. The van der Waals surface area contributed by atoms with E-state index in [2.05, 4.69) is 13.5 Å². The summed E-state index contributed by atoms with van der Waals surface area (Å²) < 4.78 is 76.0. The van der Waals surface area contributed by atoms with Gasteiger partial charge in [0.05, 0.1) is 19.1 Å². The summed E-state index contributed by atoms with van der Waals surface area (Å²) in [7, 11) is 0. The van der Waals surface area contributed by atoms with Gasteiger partial charge in [0.1, 0.15) is 17.4 Å². The highest BCUT2D eigenvalue weighted by Gasteiger charge is 2.45. The van der Waals surface area contributed by atoms with E-state index in [1.54, 1.807) is 12.1 Å². The van der Waals surface area contributed by atoms with Crippen LogP contribution in [-0.2, 0) is 15.9 Å². The third kappa shape index (κ3) is 7.34. The molecule has 0 bridgehead atoms. The standard InChI is InChI=1S/C34H42F4O3/c1-3-4-5-26-12-16-29(19-31(26)35)41-34(37,38)28-14-10-24(11-15-28)23-6-8-25(9-7-23)30-17-13-27(18-32(30)36)33-39-20-22(2)21-40-33/h3,12-13,16-19,22-25,28,33H,1,4-11,14-15,20-21H2,2H3. The zero-order valence-corrected chi connectivity index (χ0v) is 23.9. The maximum Gasteiger partial charge on any atom is 0.400 e. The van der Waals surface area contributed by atoms with Crippen LogP contribution in [-0.4, -0.2) is 19.3 Å². The maximum atomic E-state index is 15.1. The van der Waals surface area contributed by atoms with Gasteiger partial charge in [-0.1, -0.05) is 31.2 Å². The van der Waals surface area contributed by atoms with Gasteiger partial charge in [-0.25, -0.2) is 8.78 Å². The van der Waals surface area contributed by atoms with Crippen LogP contribution in [0.2, 0.25) is 0 Å². The fourth-order valence-corrected chi connectivity index (χ4v) is 6.93. The molecule has 1 aliphatic heterocycles. The summed E-state index contributed by atoms with van der Waals surface area (Å²) in [6.45, 7) is 6.90. The third-order valence-corrected chi connectivity index (χ3v) is 9.38. The Morgan fingerprint density at radius 1 is 0.878 bits per heavy atom. The lowest BCUT2D eigenvalue weighted by Gasteiger charge is -2.39. The van der Waals surface area contributed by atoms with Crippen LogP contribution in [0.1, 0.15) is 93.6 Å². The number of ether oxygens (including phenoxy) is 3. The van der Waals surface area contributed by atoms with Crippen LogP contribution >= 0.6 is 0 Å². The zero-order chi connectivity index (χ0) is 29.0. The van der Waals surface area contributed by atoms with Crippen molar-refractivity contribution < 1.29 is 31.8 Å². The molecule has 0 aromatic heterocycles. The Kier molecular flexibility index (Phi) is 9.75. The number of alkyl halides is 2. The van der Waals surface area contributed by atoms with Crippen LogP contribution in [0.3, 0.4) is 0 Å². The van der Waals surface area contributed by atoms with E-state index in [0.717, 1.165) is 55.7 Å². The summed E-state index contributed by atoms with van der Waals surface area (Å²) in [5, 5.41) is 0. The lowest BCUT2D eigenvalue weighted by Crippen LogP contribution is -2.38. The van der Waals surface area contributed by atoms with Crippen molar-refractivity contribution in [1.82, 2.24) is 0 Å². The van der Waals surface area contributed by atoms with Crippen molar-refractivity contribution in [3.05, 3.63) is 77.4 Å². The van der Waals surface area contributed by atoms with E-state index >= 15 is 13.2 Å². The molecule has 2 saturated carbocycles. The molecule has 224 valence electrons. The molecule has 3 nitrogen and oxygen atoms in total. The zero-order valence-electron chi connectivity index (χ0n) is 23.9. The van der Waals surface area contributed by atoms with Gasteiger partial charge in [-0.3, -0.25) is 0 Å². The Balaban J connectivity index is 1.09. The van der Waals surface area contributed by atoms with Gasteiger partial charge in [0.2, 0.25) is 0 Å². The molecule has 1 saturated heterocycles. The Morgan fingerprint density at radius 2 is 1.54 bits per heavy atom. The molecule has 2 aromatic carbocycles. The third-order valence-electron chi connectivity index (χ3n) is 9.38. The summed E-state index contributed by atoms with van der Waals surface area (Å²) in [6.07, 6.45) is 4.96. The van der Waals surface area contributed by atoms with Crippen molar-refractivity contribution in [2.24, 2.45) is 23.7 Å². The molecule has 5 rings (SSSR count). The van der Waals surface area contributed by atoms with Crippen LogP contribution in [0, 0.1) is 35.3 Å². The van der Waals surface area contributed by atoms with E-state index in [-0.39, 0.29) is 17.5 Å². The van der Waals surface area contributed by atoms with Crippen LogP contribution < -0.4 is 4.74 Å². The van der Waals surface area contributed by atoms with Gasteiger partial charge < -0.3 is 14.2 Å². The van der Waals surface area contributed by atoms with Gasteiger partial charge in [-0.15, -0.1) is 6.58 Å². The number of allylic oxidation sites excluding steroid dienone is 1. The topological polar surface area (TPSA) is 27.7 Å². The predicted molar refractivity (Wildman–Crippen MR) is 151 cm³/mol. The molecule has 41 heavy (non-hydrogen) atoms. The van der Waals surface area contributed by atoms with Gasteiger partial charge in [0.25, 0.3) is 0 Å². The van der Waals surface area contributed by atoms with Crippen molar-refractivity contribution in [3.8, 4) is 5.75 Å².